The molecule has 0 unspecified atom stereocenters. The monoisotopic (exact) mass is 1230 g/mol. The Morgan fingerprint density at radius 2 is 1.21 bits per heavy atom. The number of carbonyl (C=O) groups is 4. The standard InChI is InChI=1S/C27H30N6O3.C10H12ClN3O2.C6H11NO2.C4H2Cl2N2.HIO4S/c1-5-25(34)31-22-12-10-21(11-13-22)30-20-8-6-19(7-9-20)18(4)29-26-28-15-14-24(32-26)33-23(17(2)3)16-36-27(33)35;1-6(2)7-5-16-10(15)14(7)8-3-4-12-9(11)13-8;1-4(2)5-3-9-6(8)7-5;5-3-1-2-7-4(6)8-3;1-6(3,4)5-2/h5-15,17-18,23,30H,1,16H2,2-4H3,(H,31,34)(H,28,29,32);3-4,6-7H,5H2,1-2H3;4-5H,3H2,1-2H3,(H,7,8);1-2H;2H/t18-,23+;7-;5-;;/m011../s1. The summed E-state index contributed by atoms with van der Waals surface area (Å²) in [4.78, 5) is 72.7. The number of nitrogens with one attached hydrogen (secondary N) is 4. The van der Waals surface area contributed by atoms with Crippen LogP contribution in [-0.2, 0) is 30.6 Å². The SMILES string of the molecule is C=CC(=O)Nc1ccc(Nc2ccc([C@H](C)Nc3nccc(N4C(=O)OC[C@@H]4C(C)C)n3)cc2)cc1.CC(C)[C@H]1COC(=O)N1.CC(C)[C@H]1COC(=O)N1c1ccnc(Cl)n1.Clc1ccnc(Cl)n1.O=S(=O)(I)OO. The first-order chi connectivity index (χ1) is 35.5. The quantitative estimate of drug-likeness (QED) is 0.0107. The number of anilines is 6. The van der Waals surface area contributed by atoms with E-state index in [1.165, 1.54) is 23.4 Å². The van der Waals surface area contributed by atoms with Crippen LogP contribution in [0.1, 0.15) is 60.1 Å². The second kappa shape index (κ2) is 29.8. The number of hydrogen-bond donors (Lipinski definition) is 5. The number of rotatable bonds is 13. The molecule has 0 spiro atoms. The summed E-state index contributed by atoms with van der Waals surface area (Å²) < 4.78 is 36.9. The molecule has 3 aliphatic heterocycles. The van der Waals surface area contributed by atoms with Crippen molar-refractivity contribution >= 4 is 122 Å². The number of halogens is 4. The van der Waals surface area contributed by atoms with Gasteiger partial charge < -0.3 is 35.5 Å². The molecule has 3 aromatic heterocycles. The van der Waals surface area contributed by atoms with Crippen molar-refractivity contribution < 1.29 is 51.4 Å². The number of carbonyl (C=O) groups excluding carboxylic acids is 4. The number of amides is 4. The van der Waals surface area contributed by atoms with E-state index in [1.807, 2.05) is 69.3 Å². The van der Waals surface area contributed by atoms with Crippen LogP contribution < -0.4 is 31.1 Å². The zero-order valence-electron chi connectivity index (χ0n) is 41.6. The molecule has 75 heavy (non-hydrogen) atoms. The van der Waals surface area contributed by atoms with Gasteiger partial charge in [0.2, 0.25) is 22.4 Å². The van der Waals surface area contributed by atoms with Gasteiger partial charge in [-0.3, -0.25) is 14.6 Å². The van der Waals surface area contributed by atoms with Crippen LogP contribution in [0.4, 0.5) is 49.0 Å². The Hall–Kier alpha value is -6.23. The summed E-state index contributed by atoms with van der Waals surface area (Å²) in [5, 5.41) is 20.0. The summed E-state index contributed by atoms with van der Waals surface area (Å²) in [6.45, 7) is 19.0. The van der Waals surface area contributed by atoms with Crippen molar-refractivity contribution in [1.29, 1.82) is 0 Å². The highest BCUT2D eigenvalue weighted by atomic mass is 127. The Morgan fingerprint density at radius 3 is 1.63 bits per heavy atom. The molecule has 4 amide bonds. The summed E-state index contributed by atoms with van der Waals surface area (Å²) >= 11 is 17.4. The van der Waals surface area contributed by atoms with E-state index >= 15 is 0 Å². The molecule has 23 nitrogen and oxygen atoms in total. The van der Waals surface area contributed by atoms with E-state index in [-0.39, 0.29) is 64.8 Å². The molecular weight excluding hydrogens is 1170 g/mol. The van der Waals surface area contributed by atoms with Gasteiger partial charge in [0.1, 0.15) is 57.8 Å². The van der Waals surface area contributed by atoms with Crippen LogP contribution in [0.3, 0.4) is 0 Å². The number of aromatic nitrogens is 6. The average molecular weight is 1230 g/mol. The van der Waals surface area contributed by atoms with Gasteiger partial charge in [-0.15, -0.1) is 4.33 Å². The fourth-order valence-corrected chi connectivity index (χ4v) is 7.07. The van der Waals surface area contributed by atoms with Crippen molar-refractivity contribution in [2.24, 2.45) is 17.8 Å². The number of benzene rings is 2. The zero-order valence-corrected chi connectivity index (χ0v) is 46.8. The molecule has 3 fully saturated rings. The van der Waals surface area contributed by atoms with Gasteiger partial charge in [0.05, 0.1) is 24.2 Å². The fraction of sp³-hybridized carbons (Fsp3) is 0.362. The summed E-state index contributed by atoms with van der Waals surface area (Å²) in [5.41, 5.74) is 3.58. The maximum Gasteiger partial charge on any atom is 0.415 e. The third-order valence-corrected chi connectivity index (χ3v) is 11.9. The Morgan fingerprint density at radius 1 is 0.733 bits per heavy atom. The summed E-state index contributed by atoms with van der Waals surface area (Å²) in [7, 11) is -3.64. The molecule has 0 saturated carbocycles. The highest BCUT2D eigenvalue weighted by molar-refractivity contribution is 14.2. The Labute approximate surface area is 461 Å². The zero-order chi connectivity index (χ0) is 55.4. The smallest absolute Gasteiger partial charge is 0.415 e. The summed E-state index contributed by atoms with van der Waals surface area (Å²) in [6, 6.07) is 20.5. The number of hydrogen-bond acceptors (Lipinski definition) is 19. The normalized spacial score (nSPS) is 17.0. The van der Waals surface area contributed by atoms with Crippen LogP contribution in [-0.4, -0.2) is 106 Å². The van der Waals surface area contributed by atoms with Crippen LogP contribution in [0.15, 0.2) is 98.0 Å². The molecule has 5 aromatic rings. The predicted molar refractivity (Wildman–Crippen MR) is 293 cm³/mol. The maximum atomic E-state index is 12.3. The molecule has 404 valence electrons. The second-order valence-corrected chi connectivity index (χ2v) is 22.3. The second-order valence-electron chi connectivity index (χ2n) is 17.0. The molecule has 0 radical (unpaired) electrons. The van der Waals surface area contributed by atoms with E-state index in [2.05, 4.69) is 94.5 Å². The third kappa shape index (κ3) is 20.4. The Bertz CT molecular complexity index is 2790. The van der Waals surface area contributed by atoms with Crippen molar-refractivity contribution in [3.05, 3.63) is 119 Å². The Kier molecular flexibility index (Phi) is 24.3. The van der Waals surface area contributed by atoms with E-state index in [0.29, 0.717) is 60.1 Å². The van der Waals surface area contributed by atoms with Crippen molar-refractivity contribution in [1.82, 2.24) is 35.2 Å². The minimum atomic E-state index is -3.64. The molecule has 0 aliphatic carbocycles. The minimum Gasteiger partial charge on any atom is -0.447 e. The number of alkyl carbamates (subject to hydrolysis) is 1. The van der Waals surface area contributed by atoms with Gasteiger partial charge in [-0.25, -0.2) is 44.6 Å². The number of nitrogens with zero attached hydrogens (tertiary/aromatic N) is 8. The predicted octanol–water partition coefficient (Wildman–Crippen LogP) is 10.3. The van der Waals surface area contributed by atoms with Crippen LogP contribution >= 0.6 is 56.0 Å². The first kappa shape index (κ1) is 61.3. The van der Waals surface area contributed by atoms with Crippen molar-refractivity contribution in [2.45, 2.75) is 72.6 Å². The summed E-state index contributed by atoms with van der Waals surface area (Å²) in [6.07, 6.45) is 4.85. The molecule has 3 saturated heterocycles. The molecule has 8 rings (SSSR count). The maximum absolute atomic E-state index is 12.3. The number of cyclic esters (lactones) is 3. The van der Waals surface area contributed by atoms with E-state index in [9.17, 15) is 27.6 Å². The van der Waals surface area contributed by atoms with Gasteiger partial charge in [-0.05, 0) is 114 Å². The lowest BCUT2D eigenvalue weighted by molar-refractivity contribution is -0.126. The van der Waals surface area contributed by atoms with E-state index in [4.69, 9.17) is 49.5 Å². The van der Waals surface area contributed by atoms with Crippen molar-refractivity contribution in [3.63, 3.8) is 0 Å². The van der Waals surface area contributed by atoms with Gasteiger partial charge in [0.15, 0.2) is 0 Å². The molecule has 0 bridgehead atoms. The topological polar surface area (TPSA) is 292 Å². The van der Waals surface area contributed by atoms with Gasteiger partial charge in [-0.1, -0.05) is 71.9 Å². The lowest BCUT2D eigenvalue weighted by atomic mass is 10.0. The van der Waals surface area contributed by atoms with Crippen LogP contribution in [0.25, 0.3) is 0 Å². The van der Waals surface area contributed by atoms with Crippen molar-refractivity contribution in [2.75, 3.05) is 45.6 Å². The number of ether oxygens (including phenoxy) is 3. The van der Waals surface area contributed by atoms with Gasteiger partial charge in [0, 0.05) is 35.7 Å². The van der Waals surface area contributed by atoms with Crippen LogP contribution in [0.2, 0.25) is 15.7 Å². The molecule has 5 N–H and O–H groups in total. The third-order valence-electron chi connectivity index (χ3n) is 10.7. The van der Waals surface area contributed by atoms with E-state index in [0.717, 1.165) is 38.1 Å². The largest absolute Gasteiger partial charge is 0.447 e. The van der Waals surface area contributed by atoms with Crippen LogP contribution in [0, 0.1) is 17.8 Å². The highest BCUT2D eigenvalue weighted by Crippen LogP contribution is 2.29. The lowest BCUT2D eigenvalue weighted by Crippen LogP contribution is -2.37. The molecule has 2 aromatic carbocycles. The molecular formula is C47H56Cl3IN12O11S. The minimum absolute atomic E-state index is 0.00142. The van der Waals surface area contributed by atoms with Crippen molar-refractivity contribution in [3.8, 4) is 0 Å². The average Bonchev–Trinajstić information content (AvgIpc) is 4.11. The highest BCUT2D eigenvalue weighted by Gasteiger charge is 2.38. The first-order valence-electron chi connectivity index (χ1n) is 22.7. The molecule has 3 aliphatic rings. The molecule has 28 heteroatoms. The van der Waals surface area contributed by atoms with Gasteiger partial charge in [-0.2, -0.15) is 13.4 Å². The van der Waals surface area contributed by atoms with E-state index < -0.39 is 7.29 Å². The fourth-order valence-electron chi connectivity index (χ4n) is 6.60. The van der Waals surface area contributed by atoms with Gasteiger partial charge in [0.25, 0.3) is 0 Å². The summed E-state index contributed by atoms with van der Waals surface area (Å²) in [5.74, 6) is 2.20. The first-order valence-corrected chi connectivity index (χ1v) is 27.8. The molecule has 4 atom stereocenters. The molecule has 6 heterocycles. The van der Waals surface area contributed by atoms with Crippen LogP contribution in [0.5, 0.6) is 0 Å². The van der Waals surface area contributed by atoms with E-state index in [1.54, 1.807) is 29.3 Å². The lowest BCUT2D eigenvalue weighted by Gasteiger charge is -2.23. The Balaban J connectivity index is 0.000000252. The van der Waals surface area contributed by atoms with Gasteiger partial charge >= 0.3 is 25.6 Å².